The molecule has 4 N–H and O–H groups in total. The summed E-state index contributed by atoms with van der Waals surface area (Å²) in [4.78, 5) is 21.0. The van der Waals surface area contributed by atoms with Crippen LogP contribution in [0.4, 0.5) is 11.6 Å². The number of benzene rings is 1. The number of likely N-dealkylation sites (N-methyl/N-ethyl adjacent to an activating group) is 2. The van der Waals surface area contributed by atoms with Gasteiger partial charge in [-0.05, 0) is 25.2 Å². The minimum Gasteiger partial charge on any atom is -0.399 e. The first kappa shape index (κ1) is 12.4. The molecule has 1 aromatic carbocycles. The minimum atomic E-state index is -0.168. The molecule has 0 saturated carbocycles. The van der Waals surface area contributed by atoms with Crippen LogP contribution < -0.4 is 21.5 Å². The van der Waals surface area contributed by atoms with Crippen LogP contribution in [0, 0.1) is 0 Å². The van der Waals surface area contributed by atoms with Crippen LogP contribution in [-0.4, -0.2) is 37.2 Å². The number of anilines is 2. The first-order valence-corrected chi connectivity index (χ1v) is 5.77. The number of aromatic amines is 1. The lowest BCUT2D eigenvalue weighted by molar-refractivity contribution is 0.753. The molecule has 96 valence electrons. The van der Waals surface area contributed by atoms with Crippen molar-refractivity contribution in [2.24, 2.45) is 0 Å². The quantitative estimate of drug-likeness (QED) is 0.670. The van der Waals surface area contributed by atoms with Crippen LogP contribution in [0.25, 0.3) is 10.9 Å². The number of rotatable bonds is 4. The van der Waals surface area contributed by atoms with Crippen molar-refractivity contribution >= 4 is 22.5 Å². The SMILES string of the molecule is CNCCN(C)c1nc2ccc(N)cc2c(=O)[nH]1. The number of fused-ring (bicyclic) bond motifs is 1. The lowest BCUT2D eigenvalue weighted by Crippen LogP contribution is -2.30. The van der Waals surface area contributed by atoms with Crippen molar-refractivity contribution < 1.29 is 0 Å². The second kappa shape index (κ2) is 5.05. The Morgan fingerprint density at radius 1 is 1.50 bits per heavy atom. The van der Waals surface area contributed by atoms with Gasteiger partial charge in [-0.3, -0.25) is 9.78 Å². The standard InChI is InChI=1S/C12H17N5O/c1-14-5-6-17(2)12-15-10-4-3-8(13)7-9(10)11(18)16-12/h3-4,7,14H,5-6,13H2,1-2H3,(H,15,16,18). The highest BCUT2D eigenvalue weighted by molar-refractivity contribution is 5.81. The Hall–Kier alpha value is -2.08. The van der Waals surface area contributed by atoms with Crippen LogP contribution in [0.5, 0.6) is 0 Å². The molecule has 6 nitrogen and oxygen atoms in total. The second-order valence-electron chi connectivity index (χ2n) is 4.19. The lowest BCUT2D eigenvalue weighted by Gasteiger charge is -2.17. The van der Waals surface area contributed by atoms with Crippen LogP contribution in [0.15, 0.2) is 23.0 Å². The van der Waals surface area contributed by atoms with Gasteiger partial charge in [-0.2, -0.15) is 0 Å². The molecule has 0 radical (unpaired) electrons. The van der Waals surface area contributed by atoms with Gasteiger partial charge in [0.2, 0.25) is 5.95 Å². The largest absolute Gasteiger partial charge is 0.399 e. The fourth-order valence-electron chi connectivity index (χ4n) is 1.71. The monoisotopic (exact) mass is 247 g/mol. The predicted molar refractivity (Wildman–Crippen MR) is 74.0 cm³/mol. The Labute approximate surface area is 105 Å². The summed E-state index contributed by atoms with van der Waals surface area (Å²) in [6, 6.07) is 5.14. The zero-order valence-corrected chi connectivity index (χ0v) is 10.5. The number of H-pyrrole nitrogens is 1. The van der Waals surface area contributed by atoms with Crippen LogP contribution in [0.2, 0.25) is 0 Å². The van der Waals surface area contributed by atoms with E-state index in [1.807, 2.05) is 19.0 Å². The second-order valence-corrected chi connectivity index (χ2v) is 4.19. The van der Waals surface area contributed by atoms with E-state index < -0.39 is 0 Å². The van der Waals surface area contributed by atoms with Gasteiger partial charge in [0.25, 0.3) is 5.56 Å². The average Bonchev–Trinajstić information content (AvgIpc) is 2.36. The highest BCUT2D eigenvalue weighted by Gasteiger charge is 2.07. The number of nitrogen functional groups attached to an aromatic ring is 1. The summed E-state index contributed by atoms with van der Waals surface area (Å²) in [6.45, 7) is 1.58. The van der Waals surface area contributed by atoms with Gasteiger partial charge < -0.3 is 16.0 Å². The highest BCUT2D eigenvalue weighted by atomic mass is 16.1. The molecular formula is C12H17N5O. The maximum Gasteiger partial charge on any atom is 0.260 e. The molecule has 0 aliphatic rings. The van der Waals surface area contributed by atoms with E-state index in [9.17, 15) is 4.79 Å². The molecular weight excluding hydrogens is 230 g/mol. The first-order valence-electron chi connectivity index (χ1n) is 5.77. The maximum absolute atomic E-state index is 11.9. The molecule has 0 aliphatic carbocycles. The molecule has 0 amide bonds. The van der Waals surface area contributed by atoms with E-state index in [2.05, 4.69) is 15.3 Å². The van der Waals surface area contributed by atoms with Gasteiger partial charge in [-0.15, -0.1) is 0 Å². The Morgan fingerprint density at radius 3 is 3.00 bits per heavy atom. The summed E-state index contributed by atoms with van der Waals surface area (Å²) in [7, 11) is 3.77. The third-order valence-electron chi connectivity index (χ3n) is 2.78. The third kappa shape index (κ3) is 2.43. The first-order chi connectivity index (χ1) is 8.61. The molecule has 0 aliphatic heterocycles. The molecule has 1 aromatic heterocycles. The van der Waals surface area contributed by atoms with Crippen molar-refractivity contribution in [3.63, 3.8) is 0 Å². The molecule has 0 atom stereocenters. The van der Waals surface area contributed by atoms with Crippen LogP contribution in [-0.2, 0) is 0 Å². The molecule has 0 saturated heterocycles. The number of hydrogen-bond acceptors (Lipinski definition) is 5. The zero-order valence-electron chi connectivity index (χ0n) is 10.5. The van der Waals surface area contributed by atoms with Gasteiger partial charge in [-0.25, -0.2) is 4.98 Å². The average molecular weight is 247 g/mol. The van der Waals surface area contributed by atoms with Crippen LogP contribution in [0.3, 0.4) is 0 Å². The van der Waals surface area contributed by atoms with Gasteiger partial charge >= 0.3 is 0 Å². The lowest BCUT2D eigenvalue weighted by atomic mass is 10.2. The topological polar surface area (TPSA) is 87.0 Å². The van der Waals surface area contributed by atoms with Crippen molar-refractivity contribution in [2.75, 3.05) is 37.8 Å². The molecule has 18 heavy (non-hydrogen) atoms. The van der Waals surface area contributed by atoms with E-state index in [1.165, 1.54) is 0 Å². The Balaban J connectivity index is 2.43. The van der Waals surface area contributed by atoms with Crippen molar-refractivity contribution in [3.8, 4) is 0 Å². The zero-order chi connectivity index (χ0) is 13.1. The van der Waals surface area contributed by atoms with E-state index in [0.29, 0.717) is 22.5 Å². The van der Waals surface area contributed by atoms with Crippen LogP contribution in [0.1, 0.15) is 0 Å². The normalized spacial score (nSPS) is 10.8. The number of nitrogens with two attached hydrogens (primary N) is 1. The maximum atomic E-state index is 11.9. The van der Waals surface area contributed by atoms with Crippen LogP contribution >= 0.6 is 0 Å². The van der Waals surface area contributed by atoms with Crippen molar-refractivity contribution in [3.05, 3.63) is 28.6 Å². The van der Waals surface area contributed by atoms with Crippen molar-refractivity contribution in [2.45, 2.75) is 0 Å². The third-order valence-corrected chi connectivity index (χ3v) is 2.78. The fourth-order valence-corrected chi connectivity index (χ4v) is 1.71. The van der Waals surface area contributed by atoms with E-state index in [1.54, 1.807) is 18.2 Å². The van der Waals surface area contributed by atoms with Crippen molar-refractivity contribution in [1.29, 1.82) is 0 Å². The Bertz CT molecular complexity index is 607. The van der Waals surface area contributed by atoms with E-state index >= 15 is 0 Å². The van der Waals surface area contributed by atoms with Crippen molar-refractivity contribution in [1.82, 2.24) is 15.3 Å². The van der Waals surface area contributed by atoms with Gasteiger partial charge in [0, 0.05) is 25.8 Å². The molecule has 0 fully saturated rings. The summed E-state index contributed by atoms with van der Waals surface area (Å²) >= 11 is 0. The molecule has 2 rings (SSSR count). The smallest absolute Gasteiger partial charge is 0.260 e. The number of hydrogen-bond donors (Lipinski definition) is 3. The molecule has 0 unspecified atom stereocenters. The molecule has 2 aromatic rings. The number of nitrogens with one attached hydrogen (secondary N) is 2. The molecule has 6 heteroatoms. The number of nitrogens with zero attached hydrogens (tertiary/aromatic N) is 2. The van der Waals surface area contributed by atoms with Gasteiger partial charge in [0.1, 0.15) is 0 Å². The Morgan fingerprint density at radius 2 is 2.28 bits per heavy atom. The molecule has 0 spiro atoms. The van der Waals surface area contributed by atoms with E-state index in [0.717, 1.165) is 13.1 Å². The molecule has 1 heterocycles. The van der Waals surface area contributed by atoms with Gasteiger partial charge in [0.15, 0.2) is 0 Å². The summed E-state index contributed by atoms with van der Waals surface area (Å²) in [5.41, 5.74) is 6.70. The summed E-state index contributed by atoms with van der Waals surface area (Å²) in [5, 5.41) is 3.56. The minimum absolute atomic E-state index is 0.168. The summed E-state index contributed by atoms with van der Waals surface area (Å²) < 4.78 is 0. The van der Waals surface area contributed by atoms with E-state index in [-0.39, 0.29) is 5.56 Å². The fraction of sp³-hybridized carbons (Fsp3) is 0.333. The number of aromatic nitrogens is 2. The van der Waals surface area contributed by atoms with Gasteiger partial charge in [-0.1, -0.05) is 0 Å². The summed E-state index contributed by atoms with van der Waals surface area (Å²) in [6.07, 6.45) is 0. The Kier molecular flexibility index (Phi) is 3.47. The van der Waals surface area contributed by atoms with Gasteiger partial charge in [0.05, 0.1) is 10.9 Å². The van der Waals surface area contributed by atoms with E-state index in [4.69, 9.17) is 5.73 Å². The summed E-state index contributed by atoms with van der Waals surface area (Å²) in [5.74, 6) is 0.563. The predicted octanol–water partition coefficient (Wildman–Crippen LogP) is 0.161. The molecule has 0 bridgehead atoms. The highest BCUT2D eigenvalue weighted by Crippen LogP contribution is 2.13.